The number of rotatable bonds is 9. The molecule has 1 saturated carbocycles. The Bertz CT molecular complexity index is 1620. The van der Waals surface area contributed by atoms with Crippen molar-refractivity contribution in [3.05, 3.63) is 78.8 Å². The van der Waals surface area contributed by atoms with Crippen LogP contribution in [0.3, 0.4) is 0 Å². The highest BCUT2D eigenvalue weighted by Crippen LogP contribution is 2.51. The van der Waals surface area contributed by atoms with E-state index >= 15 is 0 Å². The predicted octanol–water partition coefficient (Wildman–Crippen LogP) is 5.40. The van der Waals surface area contributed by atoms with Crippen LogP contribution in [0.4, 0.5) is 5.82 Å². The van der Waals surface area contributed by atoms with E-state index in [0.29, 0.717) is 30.9 Å². The average molecular weight is 579 g/mol. The van der Waals surface area contributed by atoms with Crippen molar-refractivity contribution in [2.24, 2.45) is 0 Å². The maximum absolute atomic E-state index is 13.2. The largest absolute Gasteiger partial charge is 0.457 e. The summed E-state index contributed by atoms with van der Waals surface area (Å²) in [7, 11) is 2.09. The number of benzene rings is 2. The van der Waals surface area contributed by atoms with Gasteiger partial charge in [-0.2, -0.15) is 0 Å². The highest BCUT2D eigenvalue weighted by atomic mass is 16.5. The van der Waals surface area contributed by atoms with E-state index in [1.54, 1.807) is 12.4 Å². The number of nitrogens with zero attached hydrogens (tertiary/aromatic N) is 5. The van der Waals surface area contributed by atoms with Crippen molar-refractivity contribution in [1.29, 1.82) is 0 Å². The number of para-hydroxylation sites is 1. The predicted molar refractivity (Wildman–Crippen MR) is 167 cm³/mol. The first kappa shape index (κ1) is 27.6. The molecule has 0 bridgehead atoms. The molecule has 1 unspecified atom stereocenters. The number of hydrogen-bond acceptors (Lipinski definition) is 7. The van der Waals surface area contributed by atoms with E-state index in [2.05, 4.69) is 33.6 Å². The summed E-state index contributed by atoms with van der Waals surface area (Å²) in [5.41, 5.74) is 10.8. The third-order valence-corrected chi connectivity index (χ3v) is 8.96. The van der Waals surface area contributed by atoms with Gasteiger partial charge in [0.1, 0.15) is 29.3 Å². The lowest BCUT2D eigenvalue weighted by Gasteiger charge is -2.21. The fraction of sp³-hybridized carbons (Fsp3) is 0.382. The van der Waals surface area contributed by atoms with E-state index in [1.807, 2.05) is 53.4 Å². The number of hydrogen-bond donors (Lipinski definition) is 1. The smallest absolute Gasteiger partial charge is 0.246 e. The van der Waals surface area contributed by atoms with Crippen LogP contribution in [0, 0.1) is 0 Å². The summed E-state index contributed by atoms with van der Waals surface area (Å²) in [6, 6.07) is 18.5. The second-order valence-electron chi connectivity index (χ2n) is 11.9. The lowest BCUT2D eigenvalue weighted by atomic mass is 10.0. The molecule has 0 spiro atoms. The quantitative estimate of drug-likeness (QED) is 0.266. The Morgan fingerprint density at radius 2 is 1.86 bits per heavy atom. The van der Waals surface area contributed by atoms with Gasteiger partial charge >= 0.3 is 0 Å². The Morgan fingerprint density at radius 3 is 2.60 bits per heavy atom. The Hall–Kier alpha value is -4.21. The van der Waals surface area contributed by atoms with Gasteiger partial charge in [0.05, 0.1) is 18.0 Å². The second-order valence-corrected chi connectivity index (χ2v) is 11.9. The molecule has 2 aromatic carbocycles. The molecule has 1 amide bonds. The van der Waals surface area contributed by atoms with E-state index in [1.165, 1.54) is 5.69 Å². The first-order valence-electron chi connectivity index (χ1n) is 15.3. The number of likely N-dealkylation sites (tertiary alicyclic amines) is 1. The highest BCUT2D eigenvalue weighted by Gasteiger charge is 2.38. The van der Waals surface area contributed by atoms with Gasteiger partial charge in [-0.05, 0) is 68.5 Å². The zero-order chi connectivity index (χ0) is 29.3. The maximum Gasteiger partial charge on any atom is 0.246 e. The molecule has 4 heterocycles. The van der Waals surface area contributed by atoms with Crippen LogP contribution >= 0.6 is 0 Å². The molecule has 0 radical (unpaired) electrons. The molecule has 2 atom stereocenters. The molecule has 2 saturated heterocycles. The summed E-state index contributed by atoms with van der Waals surface area (Å²) in [4.78, 5) is 26.6. The minimum Gasteiger partial charge on any atom is -0.457 e. The van der Waals surface area contributed by atoms with Crippen LogP contribution in [-0.2, 0) is 9.53 Å². The van der Waals surface area contributed by atoms with Crippen LogP contribution in [0.15, 0.2) is 73.1 Å². The zero-order valence-electron chi connectivity index (χ0n) is 24.6. The van der Waals surface area contributed by atoms with E-state index in [9.17, 15) is 4.79 Å². The van der Waals surface area contributed by atoms with Crippen molar-refractivity contribution in [1.82, 2.24) is 24.3 Å². The number of nitrogen functional groups attached to an aromatic ring is 1. The Labute approximate surface area is 251 Å². The van der Waals surface area contributed by atoms with Crippen molar-refractivity contribution in [3.8, 4) is 22.6 Å². The van der Waals surface area contributed by atoms with Gasteiger partial charge in [0.25, 0.3) is 0 Å². The van der Waals surface area contributed by atoms with Crippen LogP contribution in [0.25, 0.3) is 22.2 Å². The Kier molecular flexibility index (Phi) is 7.59. The number of carbonyl (C=O) groups excluding carboxylic acids is 1. The molecule has 43 heavy (non-hydrogen) atoms. The Balaban J connectivity index is 1.15. The third-order valence-electron chi connectivity index (χ3n) is 8.96. The van der Waals surface area contributed by atoms with E-state index in [4.69, 9.17) is 20.2 Å². The number of carbonyl (C=O) groups is 1. The SMILES string of the molecule is CN(CC=CC(=O)N1CC[C@@H](n2c(C3CC3)c(-c3ccc(Oc4ccccc4)cc3)c3c(N)ncnc32)C1)C1CCOC1. The summed E-state index contributed by atoms with van der Waals surface area (Å²) in [6.07, 6.45) is 9.43. The number of likely N-dealkylation sites (N-methyl/N-ethyl adjacent to an activating group) is 1. The number of fused-ring (bicyclic) bond motifs is 1. The van der Waals surface area contributed by atoms with Crippen LogP contribution in [0.5, 0.6) is 11.5 Å². The maximum atomic E-state index is 13.2. The van der Waals surface area contributed by atoms with Crippen LogP contribution in [-0.4, -0.2) is 76.2 Å². The van der Waals surface area contributed by atoms with Crippen LogP contribution in [0.1, 0.15) is 43.3 Å². The van der Waals surface area contributed by atoms with Crippen molar-refractivity contribution < 1.29 is 14.3 Å². The summed E-state index contributed by atoms with van der Waals surface area (Å²) in [5, 5.41) is 0.893. The summed E-state index contributed by atoms with van der Waals surface area (Å²) in [6.45, 7) is 3.68. The molecule has 2 aliphatic heterocycles. The van der Waals surface area contributed by atoms with Gasteiger partial charge in [-0.25, -0.2) is 9.97 Å². The first-order chi connectivity index (χ1) is 21.1. The zero-order valence-corrected chi connectivity index (χ0v) is 24.6. The molecule has 1 aliphatic carbocycles. The van der Waals surface area contributed by atoms with Crippen molar-refractivity contribution in [2.45, 2.75) is 43.7 Å². The molecular weight excluding hydrogens is 540 g/mol. The van der Waals surface area contributed by atoms with Gasteiger partial charge < -0.3 is 24.7 Å². The summed E-state index contributed by atoms with van der Waals surface area (Å²) >= 11 is 0. The summed E-state index contributed by atoms with van der Waals surface area (Å²) in [5.74, 6) is 2.55. The van der Waals surface area contributed by atoms with Crippen molar-refractivity contribution >= 4 is 22.8 Å². The standard InChI is InChI=1S/C34H38N6O3/c1-38(26-16-19-42-21-26)17-5-8-29(41)39-18-15-25(20-39)40-32(24-9-10-24)30(31-33(35)36-22-37-34(31)40)23-11-13-28(14-12-23)43-27-6-3-2-4-7-27/h2-8,11-14,22,24-26H,9-10,15-21H2,1H3,(H2,35,36,37)/t25-,26?/m1/s1. The van der Waals surface area contributed by atoms with Gasteiger partial charge in [0.15, 0.2) is 0 Å². The molecule has 2 N–H and O–H groups in total. The number of anilines is 1. The van der Waals surface area contributed by atoms with Crippen molar-refractivity contribution in [3.63, 3.8) is 0 Å². The van der Waals surface area contributed by atoms with E-state index in [-0.39, 0.29) is 11.9 Å². The van der Waals surface area contributed by atoms with Crippen molar-refractivity contribution in [2.75, 3.05) is 45.6 Å². The normalized spacial score (nSPS) is 20.6. The first-order valence-corrected chi connectivity index (χ1v) is 15.3. The number of aromatic nitrogens is 3. The lowest BCUT2D eigenvalue weighted by Crippen LogP contribution is -2.32. The van der Waals surface area contributed by atoms with Crippen LogP contribution < -0.4 is 10.5 Å². The van der Waals surface area contributed by atoms with Gasteiger partial charge in [-0.15, -0.1) is 0 Å². The topological polar surface area (TPSA) is 98.7 Å². The fourth-order valence-electron chi connectivity index (χ4n) is 6.50. The second kappa shape index (κ2) is 11.8. The number of nitrogens with two attached hydrogens (primary N) is 1. The molecule has 9 nitrogen and oxygen atoms in total. The molecule has 4 aromatic rings. The van der Waals surface area contributed by atoms with Gasteiger partial charge in [0, 0.05) is 49.6 Å². The Morgan fingerprint density at radius 1 is 1.07 bits per heavy atom. The van der Waals surface area contributed by atoms with Gasteiger partial charge in [0.2, 0.25) is 5.91 Å². The molecular formula is C34H38N6O3. The van der Waals surface area contributed by atoms with Crippen LogP contribution in [0.2, 0.25) is 0 Å². The minimum absolute atomic E-state index is 0.0615. The molecule has 7 rings (SSSR count). The van der Waals surface area contributed by atoms with Gasteiger partial charge in [-0.1, -0.05) is 36.4 Å². The lowest BCUT2D eigenvalue weighted by molar-refractivity contribution is -0.125. The molecule has 9 heteroatoms. The molecule has 3 aliphatic rings. The molecule has 2 aromatic heterocycles. The fourth-order valence-corrected chi connectivity index (χ4v) is 6.50. The van der Waals surface area contributed by atoms with E-state index in [0.717, 1.165) is 79.1 Å². The number of ether oxygens (including phenoxy) is 2. The third kappa shape index (κ3) is 5.62. The average Bonchev–Trinajstić information content (AvgIpc) is 3.39. The summed E-state index contributed by atoms with van der Waals surface area (Å²) < 4.78 is 13.9. The number of amides is 1. The molecule has 222 valence electrons. The van der Waals surface area contributed by atoms with E-state index < -0.39 is 0 Å². The monoisotopic (exact) mass is 578 g/mol. The minimum atomic E-state index is 0.0615. The van der Waals surface area contributed by atoms with Gasteiger partial charge in [-0.3, -0.25) is 9.69 Å². The highest BCUT2D eigenvalue weighted by molar-refractivity contribution is 6.03. The molecule has 3 fully saturated rings.